The molecule has 2 N–H and O–H groups in total. The number of amides is 2. The Kier molecular flexibility index (Phi) is 7.70. The van der Waals surface area contributed by atoms with Gasteiger partial charge >= 0.3 is 0 Å². The summed E-state index contributed by atoms with van der Waals surface area (Å²) in [6, 6.07) is 11.3. The summed E-state index contributed by atoms with van der Waals surface area (Å²) in [7, 11) is 5.40. The van der Waals surface area contributed by atoms with Gasteiger partial charge in [-0.05, 0) is 17.9 Å². The number of hydrogen-bond acceptors (Lipinski definition) is 7. The maximum Gasteiger partial charge on any atom is 0.271 e. The highest BCUT2D eigenvalue weighted by molar-refractivity contribution is 7.98. The molecular weight excluding hydrogens is 428 g/mol. The molecule has 0 unspecified atom stereocenters. The summed E-state index contributed by atoms with van der Waals surface area (Å²) >= 11 is 1.43. The van der Waals surface area contributed by atoms with Gasteiger partial charge in [0.25, 0.3) is 5.91 Å². The molecule has 0 bridgehead atoms. The Morgan fingerprint density at radius 3 is 2.50 bits per heavy atom. The molecule has 0 saturated heterocycles. The highest BCUT2D eigenvalue weighted by Gasteiger charge is 2.25. The molecule has 3 rings (SSSR count). The van der Waals surface area contributed by atoms with Crippen LogP contribution in [0, 0.1) is 0 Å². The number of carbonyl (C=O) groups is 2. The molecule has 3 aromatic rings. The summed E-state index contributed by atoms with van der Waals surface area (Å²) in [5.41, 5.74) is 7.42. The van der Waals surface area contributed by atoms with Gasteiger partial charge in [-0.15, -0.1) is 0 Å². The second kappa shape index (κ2) is 10.5. The van der Waals surface area contributed by atoms with E-state index in [-0.39, 0.29) is 19.0 Å². The summed E-state index contributed by atoms with van der Waals surface area (Å²) in [5.74, 6) is -0.168. The lowest BCUT2D eigenvalue weighted by Gasteiger charge is -2.22. The molecule has 2 aromatic heterocycles. The molecule has 0 spiro atoms. The van der Waals surface area contributed by atoms with E-state index in [9.17, 15) is 9.59 Å². The van der Waals surface area contributed by atoms with E-state index in [1.165, 1.54) is 16.7 Å². The Balaban J connectivity index is 2.13. The predicted molar refractivity (Wildman–Crippen MR) is 126 cm³/mol. The number of ether oxygens (including phenoxy) is 1. The van der Waals surface area contributed by atoms with E-state index in [1.807, 2.05) is 60.1 Å². The number of nitrogens with zero attached hydrogens (tertiary/aromatic N) is 5. The Labute approximate surface area is 191 Å². The van der Waals surface area contributed by atoms with Gasteiger partial charge in [0.05, 0.1) is 12.0 Å². The zero-order valence-corrected chi connectivity index (χ0v) is 19.6. The number of anilines is 1. The van der Waals surface area contributed by atoms with E-state index >= 15 is 0 Å². The minimum absolute atomic E-state index is 0.193. The number of fused-ring (bicyclic) bond motifs is 1. The third-order valence-corrected chi connectivity index (χ3v) is 5.45. The minimum Gasteiger partial charge on any atom is -0.383 e. The van der Waals surface area contributed by atoms with Crippen molar-refractivity contribution >= 4 is 40.4 Å². The van der Waals surface area contributed by atoms with Gasteiger partial charge < -0.3 is 24.8 Å². The van der Waals surface area contributed by atoms with Crippen LogP contribution in [0.25, 0.3) is 11.0 Å². The first-order valence-electron chi connectivity index (χ1n) is 10.1. The molecule has 0 radical (unpaired) electrons. The van der Waals surface area contributed by atoms with Crippen LogP contribution in [0.15, 0.2) is 41.6 Å². The average molecular weight is 457 g/mol. The second-order valence-electron chi connectivity index (χ2n) is 7.45. The standard InChI is InChI=1S/C22H28N6O3S/c1-26(2)19-16-12-17(28(10-11-31-3)20(16)25-22(24-19)32-4)21(30)27(14-18(23)29)13-15-8-6-5-7-9-15/h5-9,12H,10-11,13-14H2,1-4H3,(H2,23,29). The van der Waals surface area contributed by atoms with E-state index in [2.05, 4.69) is 9.97 Å². The van der Waals surface area contributed by atoms with Crippen molar-refractivity contribution < 1.29 is 14.3 Å². The Morgan fingerprint density at radius 1 is 1.19 bits per heavy atom. The van der Waals surface area contributed by atoms with Crippen LogP contribution in [0.3, 0.4) is 0 Å². The molecule has 9 nitrogen and oxygen atoms in total. The molecule has 0 fully saturated rings. The van der Waals surface area contributed by atoms with E-state index in [1.54, 1.807) is 13.2 Å². The van der Waals surface area contributed by atoms with Gasteiger partial charge in [-0.3, -0.25) is 9.59 Å². The highest BCUT2D eigenvalue weighted by Crippen LogP contribution is 2.29. The summed E-state index contributed by atoms with van der Waals surface area (Å²) < 4.78 is 7.10. The molecule has 1 aromatic carbocycles. The summed E-state index contributed by atoms with van der Waals surface area (Å²) in [4.78, 5) is 38.0. The van der Waals surface area contributed by atoms with Gasteiger partial charge in [-0.1, -0.05) is 42.1 Å². The molecule has 0 atom stereocenters. The van der Waals surface area contributed by atoms with Crippen LogP contribution >= 0.6 is 11.8 Å². The summed E-state index contributed by atoms with van der Waals surface area (Å²) in [5, 5.41) is 1.36. The van der Waals surface area contributed by atoms with E-state index < -0.39 is 5.91 Å². The normalized spacial score (nSPS) is 11.0. The van der Waals surface area contributed by atoms with Gasteiger partial charge in [-0.2, -0.15) is 0 Å². The van der Waals surface area contributed by atoms with Crippen molar-refractivity contribution in [2.75, 3.05) is 45.5 Å². The van der Waals surface area contributed by atoms with Gasteiger partial charge in [0.15, 0.2) is 5.16 Å². The highest BCUT2D eigenvalue weighted by atomic mass is 32.2. The van der Waals surface area contributed by atoms with Gasteiger partial charge in [-0.25, -0.2) is 9.97 Å². The molecule has 2 amide bonds. The first-order valence-corrected chi connectivity index (χ1v) is 11.3. The molecule has 0 aliphatic carbocycles. The van der Waals surface area contributed by atoms with Crippen LogP contribution in [0.4, 0.5) is 5.82 Å². The molecule has 2 heterocycles. The maximum absolute atomic E-state index is 13.7. The zero-order valence-electron chi connectivity index (χ0n) is 18.7. The molecule has 0 aliphatic rings. The quantitative estimate of drug-likeness (QED) is 0.367. The summed E-state index contributed by atoms with van der Waals surface area (Å²) in [6.07, 6.45) is 1.91. The minimum atomic E-state index is -0.577. The first-order chi connectivity index (χ1) is 15.3. The van der Waals surface area contributed by atoms with Crippen LogP contribution in [-0.4, -0.2) is 71.9 Å². The number of aromatic nitrogens is 3. The van der Waals surface area contributed by atoms with Gasteiger partial charge in [0.1, 0.15) is 23.7 Å². The SMILES string of the molecule is COCCn1c(C(=O)N(CC(N)=O)Cc2ccccc2)cc2c(N(C)C)nc(SC)nc21. The smallest absolute Gasteiger partial charge is 0.271 e. The molecule has 0 saturated carbocycles. The van der Waals surface area contributed by atoms with Crippen LogP contribution in [0.5, 0.6) is 0 Å². The second-order valence-corrected chi connectivity index (χ2v) is 8.23. The number of rotatable bonds is 10. The number of carbonyl (C=O) groups excluding carboxylic acids is 2. The average Bonchev–Trinajstić information content (AvgIpc) is 3.14. The Hall–Kier alpha value is -3.11. The van der Waals surface area contributed by atoms with E-state index in [0.717, 1.165) is 10.9 Å². The number of hydrogen-bond donors (Lipinski definition) is 1. The van der Waals surface area contributed by atoms with E-state index in [4.69, 9.17) is 10.5 Å². The number of primary amides is 1. The molecule has 10 heteroatoms. The lowest BCUT2D eigenvalue weighted by molar-refractivity contribution is -0.118. The first kappa shape index (κ1) is 23.6. The molecular formula is C22H28N6O3S. The Morgan fingerprint density at radius 2 is 1.91 bits per heavy atom. The van der Waals surface area contributed by atoms with Crippen molar-refractivity contribution in [3.05, 3.63) is 47.7 Å². The van der Waals surface area contributed by atoms with Crippen molar-refractivity contribution in [2.45, 2.75) is 18.2 Å². The molecule has 170 valence electrons. The molecule has 0 aliphatic heterocycles. The van der Waals surface area contributed by atoms with Crippen LogP contribution in [0.1, 0.15) is 16.1 Å². The van der Waals surface area contributed by atoms with Crippen molar-refractivity contribution in [1.29, 1.82) is 0 Å². The number of methoxy groups -OCH3 is 1. The van der Waals surface area contributed by atoms with Crippen molar-refractivity contribution in [1.82, 2.24) is 19.4 Å². The maximum atomic E-state index is 13.7. The fraction of sp³-hybridized carbons (Fsp3) is 0.364. The largest absolute Gasteiger partial charge is 0.383 e. The zero-order chi connectivity index (χ0) is 23.3. The summed E-state index contributed by atoms with van der Waals surface area (Å²) in [6.45, 7) is 0.890. The fourth-order valence-electron chi connectivity index (χ4n) is 3.46. The van der Waals surface area contributed by atoms with E-state index in [0.29, 0.717) is 35.5 Å². The topological polar surface area (TPSA) is 107 Å². The fourth-order valence-corrected chi connectivity index (χ4v) is 3.82. The van der Waals surface area contributed by atoms with Crippen LogP contribution < -0.4 is 10.6 Å². The third kappa shape index (κ3) is 5.20. The lowest BCUT2D eigenvalue weighted by atomic mass is 10.2. The number of nitrogens with two attached hydrogens (primary N) is 1. The van der Waals surface area contributed by atoms with Crippen molar-refractivity contribution in [2.24, 2.45) is 5.73 Å². The van der Waals surface area contributed by atoms with Crippen molar-refractivity contribution in [3.63, 3.8) is 0 Å². The van der Waals surface area contributed by atoms with Crippen LogP contribution in [0.2, 0.25) is 0 Å². The number of benzene rings is 1. The third-order valence-electron chi connectivity index (χ3n) is 4.91. The van der Waals surface area contributed by atoms with Gasteiger partial charge in [0.2, 0.25) is 5.91 Å². The van der Waals surface area contributed by atoms with Crippen molar-refractivity contribution in [3.8, 4) is 0 Å². The lowest BCUT2D eigenvalue weighted by Crippen LogP contribution is -2.39. The van der Waals surface area contributed by atoms with Gasteiger partial charge in [0, 0.05) is 34.3 Å². The predicted octanol–water partition coefficient (Wildman–Crippen LogP) is 1.99. The van der Waals surface area contributed by atoms with Crippen LogP contribution in [-0.2, 0) is 22.6 Å². The monoisotopic (exact) mass is 456 g/mol. The Bertz CT molecular complexity index is 1100. The number of thioether (sulfide) groups is 1. The molecule has 32 heavy (non-hydrogen) atoms.